The number of hydrogen-bond acceptors (Lipinski definition) is 6. The maximum atomic E-state index is 11.1. The van der Waals surface area contributed by atoms with Crippen molar-refractivity contribution in [1.29, 1.82) is 0 Å². The van der Waals surface area contributed by atoms with E-state index >= 15 is 0 Å². The largest absolute Gasteiger partial charge is 0.298 e. The summed E-state index contributed by atoms with van der Waals surface area (Å²) in [6, 6.07) is 0. The number of allylic oxidation sites excluding steroid dienone is 1. The highest BCUT2D eigenvalue weighted by Crippen LogP contribution is 2.24. The normalized spacial score (nSPS) is 24.4. The number of hydrogen-bond donors (Lipinski definition) is 3. The van der Waals surface area contributed by atoms with Gasteiger partial charge in [-0.3, -0.25) is 4.55 Å². The van der Waals surface area contributed by atoms with Crippen molar-refractivity contribution in [2.24, 2.45) is 10.6 Å². The standard InChI is InChI=1S/C6H8N4O5S/c11-9-7-5-2-1-3-6(4-5,8-10-12)16(13,14)15/h1,3-4H,2H2,(H,7,11)(H,8,12)(H,13,14,15). The van der Waals surface area contributed by atoms with E-state index < -0.39 is 15.0 Å². The summed E-state index contributed by atoms with van der Waals surface area (Å²) in [5.41, 5.74) is 3.82. The van der Waals surface area contributed by atoms with Crippen LogP contribution >= 0.6 is 0 Å². The summed E-state index contributed by atoms with van der Waals surface area (Å²) >= 11 is 0. The third kappa shape index (κ3) is 2.23. The molecule has 0 saturated carbocycles. The van der Waals surface area contributed by atoms with E-state index in [9.17, 15) is 18.2 Å². The van der Waals surface area contributed by atoms with Gasteiger partial charge in [-0.15, -0.1) is 9.81 Å². The summed E-state index contributed by atoms with van der Waals surface area (Å²) in [6.07, 6.45) is 3.52. The fourth-order valence-electron chi connectivity index (χ4n) is 1.22. The number of nitrogens with one attached hydrogen (secondary N) is 2. The molecule has 0 saturated heterocycles. The molecule has 0 heterocycles. The lowest BCUT2D eigenvalue weighted by Crippen LogP contribution is -2.47. The minimum atomic E-state index is -4.65. The molecule has 0 spiro atoms. The van der Waals surface area contributed by atoms with E-state index in [2.05, 4.69) is 10.6 Å². The number of nitrogens with zero attached hydrogens (tertiary/aromatic N) is 2. The molecule has 1 aliphatic rings. The van der Waals surface area contributed by atoms with E-state index in [1.54, 1.807) is 5.43 Å². The molecule has 0 bridgehead atoms. The molecule has 1 atom stereocenters. The van der Waals surface area contributed by atoms with Gasteiger partial charge in [0.15, 0.2) is 0 Å². The summed E-state index contributed by atoms with van der Waals surface area (Å²) in [5, 5.41) is 4.57. The van der Waals surface area contributed by atoms with Crippen LogP contribution in [0.1, 0.15) is 6.42 Å². The van der Waals surface area contributed by atoms with Gasteiger partial charge in [0.1, 0.15) is 0 Å². The van der Waals surface area contributed by atoms with Gasteiger partial charge in [0.2, 0.25) is 4.87 Å². The molecule has 88 valence electrons. The highest BCUT2D eigenvalue weighted by Gasteiger charge is 2.41. The highest BCUT2D eigenvalue weighted by molar-refractivity contribution is 7.87. The van der Waals surface area contributed by atoms with E-state index in [0.717, 1.165) is 12.2 Å². The van der Waals surface area contributed by atoms with Crippen molar-refractivity contribution in [3.63, 3.8) is 0 Å². The van der Waals surface area contributed by atoms with Crippen LogP contribution in [0, 0.1) is 9.81 Å². The minimum Gasteiger partial charge on any atom is -0.283 e. The Balaban J connectivity index is 3.20. The summed E-state index contributed by atoms with van der Waals surface area (Å²) in [6.45, 7) is 0. The molecule has 3 N–H and O–H groups in total. The smallest absolute Gasteiger partial charge is 0.283 e. The summed E-state index contributed by atoms with van der Waals surface area (Å²) in [5.74, 6) is 0. The molecule has 1 rings (SSSR count). The Morgan fingerprint density at radius 2 is 2.06 bits per heavy atom. The van der Waals surface area contributed by atoms with Crippen molar-refractivity contribution in [1.82, 2.24) is 10.9 Å². The SMILES string of the molecule is O=NNC1=CC(NN=O)(S(=O)(=O)O)C=CC1. The summed E-state index contributed by atoms with van der Waals surface area (Å²) in [7, 11) is -4.65. The summed E-state index contributed by atoms with van der Waals surface area (Å²) in [4.78, 5) is 17.9. The van der Waals surface area contributed by atoms with Crippen molar-refractivity contribution in [3.05, 3.63) is 33.7 Å². The van der Waals surface area contributed by atoms with Crippen LogP contribution < -0.4 is 10.9 Å². The van der Waals surface area contributed by atoms with Crippen molar-refractivity contribution < 1.29 is 13.0 Å². The second kappa shape index (κ2) is 4.37. The van der Waals surface area contributed by atoms with Gasteiger partial charge in [-0.1, -0.05) is 6.08 Å². The van der Waals surface area contributed by atoms with Crippen molar-refractivity contribution in [3.8, 4) is 0 Å². The molecule has 0 aliphatic heterocycles. The Hall–Kier alpha value is -1.81. The molecule has 16 heavy (non-hydrogen) atoms. The average molecular weight is 248 g/mol. The fourth-order valence-corrected chi connectivity index (χ4v) is 1.93. The zero-order chi connectivity index (χ0) is 12.2. The molecule has 1 aliphatic carbocycles. The third-order valence-corrected chi connectivity index (χ3v) is 3.13. The first-order valence-electron chi connectivity index (χ1n) is 3.99. The molecule has 0 aromatic rings. The van der Waals surface area contributed by atoms with Crippen LogP contribution in [-0.4, -0.2) is 17.8 Å². The topological polar surface area (TPSA) is 137 Å². The van der Waals surface area contributed by atoms with E-state index in [4.69, 9.17) is 4.55 Å². The van der Waals surface area contributed by atoms with Crippen LogP contribution in [0.3, 0.4) is 0 Å². The van der Waals surface area contributed by atoms with Gasteiger partial charge in [-0.2, -0.15) is 8.42 Å². The van der Waals surface area contributed by atoms with Gasteiger partial charge < -0.3 is 0 Å². The predicted octanol–water partition coefficient (Wildman–Crippen LogP) is -0.0437. The maximum Gasteiger partial charge on any atom is 0.298 e. The Morgan fingerprint density at radius 1 is 1.38 bits per heavy atom. The van der Waals surface area contributed by atoms with Crippen molar-refractivity contribution in [2.45, 2.75) is 11.3 Å². The zero-order valence-electron chi connectivity index (χ0n) is 7.82. The molecule has 0 radical (unpaired) electrons. The first-order chi connectivity index (χ1) is 7.45. The third-order valence-electron chi connectivity index (χ3n) is 1.93. The molecular weight excluding hydrogens is 240 g/mol. The van der Waals surface area contributed by atoms with Crippen LogP contribution in [-0.2, 0) is 10.1 Å². The lowest BCUT2D eigenvalue weighted by molar-refractivity contribution is 0.440. The van der Waals surface area contributed by atoms with Gasteiger partial charge in [0.05, 0.1) is 10.6 Å². The maximum absolute atomic E-state index is 11.1. The van der Waals surface area contributed by atoms with Crippen LogP contribution in [0.25, 0.3) is 0 Å². The van der Waals surface area contributed by atoms with E-state index in [1.165, 1.54) is 6.08 Å². The number of nitroso groups, excluding NO2 is 2. The van der Waals surface area contributed by atoms with Crippen molar-refractivity contribution in [2.75, 3.05) is 0 Å². The van der Waals surface area contributed by atoms with Crippen LogP contribution in [0.4, 0.5) is 0 Å². The highest BCUT2D eigenvalue weighted by atomic mass is 32.2. The van der Waals surface area contributed by atoms with Crippen LogP contribution in [0.5, 0.6) is 0 Å². The number of rotatable bonds is 5. The fraction of sp³-hybridized carbons (Fsp3) is 0.333. The van der Waals surface area contributed by atoms with Gasteiger partial charge in [-0.05, 0) is 12.2 Å². The second-order valence-electron chi connectivity index (χ2n) is 2.95. The Labute approximate surface area is 90.2 Å². The monoisotopic (exact) mass is 248 g/mol. The van der Waals surface area contributed by atoms with Crippen LogP contribution in [0.2, 0.25) is 0 Å². The molecule has 9 nitrogen and oxygen atoms in total. The zero-order valence-corrected chi connectivity index (χ0v) is 8.64. The molecule has 0 aromatic heterocycles. The second-order valence-corrected chi connectivity index (χ2v) is 4.58. The first kappa shape index (κ1) is 12.3. The van der Waals surface area contributed by atoms with E-state index in [1.807, 2.05) is 5.43 Å². The lowest BCUT2D eigenvalue weighted by atomic mass is 10.1. The van der Waals surface area contributed by atoms with E-state index in [-0.39, 0.29) is 12.1 Å². The summed E-state index contributed by atoms with van der Waals surface area (Å²) < 4.78 is 31.2. The van der Waals surface area contributed by atoms with Crippen molar-refractivity contribution >= 4 is 10.1 Å². The molecule has 0 aromatic carbocycles. The van der Waals surface area contributed by atoms with E-state index in [0.29, 0.717) is 0 Å². The van der Waals surface area contributed by atoms with Gasteiger partial charge in [0, 0.05) is 12.1 Å². The Kier molecular flexibility index (Phi) is 3.34. The molecule has 10 heteroatoms. The average Bonchev–Trinajstić information content (AvgIpc) is 2.17. The molecular formula is C6H8N4O5S. The van der Waals surface area contributed by atoms with Crippen LogP contribution in [0.15, 0.2) is 34.5 Å². The molecule has 0 amide bonds. The predicted molar refractivity (Wildman–Crippen MR) is 54.0 cm³/mol. The Bertz CT molecular complexity index is 452. The molecule has 1 unspecified atom stereocenters. The first-order valence-corrected chi connectivity index (χ1v) is 5.43. The lowest BCUT2D eigenvalue weighted by Gasteiger charge is -2.25. The Morgan fingerprint density at radius 3 is 2.56 bits per heavy atom. The molecule has 0 fully saturated rings. The quantitative estimate of drug-likeness (QED) is 0.268. The minimum absolute atomic E-state index is 0.117. The van der Waals surface area contributed by atoms with Gasteiger partial charge in [-0.25, -0.2) is 10.9 Å². The van der Waals surface area contributed by atoms with Gasteiger partial charge in [0.25, 0.3) is 10.1 Å². The van der Waals surface area contributed by atoms with Gasteiger partial charge >= 0.3 is 0 Å².